The van der Waals surface area contributed by atoms with Crippen LogP contribution in [0.2, 0.25) is 0 Å². The number of nitrogens with zero attached hydrogens (tertiary/aromatic N) is 1. The summed E-state index contributed by atoms with van der Waals surface area (Å²) in [6.07, 6.45) is 8.89. The zero-order valence-electron chi connectivity index (χ0n) is 8.12. The monoisotopic (exact) mass is 254 g/mol. The number of aromatic nitrogens is 1. The largest absolute Gasteiger partial charge is 0.324 e. The predicted molar refractivity (Wildman–Crippen MR) is 60.8 cm³/mol. The predicted octanol–water partition coefficient (Wildman–Crippen LogP) is 3.03. The Hall–Kier alpha value is -0.410. The van der Waals surface area contributed by atoms with E-state index in [0.29, 0.717) is 5.92 Å². The second-order valence-corrected chi connectivity index (χ2v) is 4.92. The fraction of sp³-hybridized carbons (Fsp3) is 0.545. The third-order valence-corrected chi connectivity index (χ3v) is 3.45. The van der Waals surface area contributed by atoms with Crippen LogP contribution in [0.1, 0.15) is 37.3 Å². The lowest BCUT2D eigenvalue weighted by Crippen LogP contribution is -2.19. The minimum Gasteiger partial charge on any atom is -0.324 e. The van der Waals surface area contributed by atoms with Gasteiger partial charge in [0.05, 0.1) is 0 Å². The highest BCUT2D eigenvalue weighted by molar-refractivity contribution is 9.10. The van der Waals surface area contributed by atoms with E-state index in [1.807, 2.05) is 6.20 Å². The lowest BCUT2D eigenvalue weighted by Gasteiger charge is -2.18. The van der Waals surface area contributed by atoms with Crippen LogP contribution in [0, 0.1) is 5.92 Å². The summed E-state index contributed by atoms with van der Waals surface area (Å²) in [5.41, 5.74) is 7.37. The van der Waals surface area contributed by atoms with Crippen LogP contribution in [-0.4, -0.2) is 4.98 Å². The van der Waals surface area contributed by atoms with Gasteiger partial charge < -0.3 is 5.73 Å². The fourth-order valence-electron chi connectivity index (χ4n) is 2.20. The van der Waals surface area contributed by atoms with Crippen molar-refractivity contribution >= 4 is 15.9 Å². The van der Waals surface area contributed by atoms with E-state index in [2.05, 4.69) is 27.0 Å². The minimum absolute atomic E-state index is 0.169. The van der Waals surface area contributed by atoms with E-state index in [1.165, 1.54) is 25.7 Å². The van der Waals surface area contributed by atoms with Crippen molar-refractivity contribution < 1.29 is 0 Å². The molecule has 0 amide bonds. The van der Waals surface area contributed by atoms with Gasteiger partial charge in [0.2, 0.25) is 0 Å². The van der Waals surface area contributed by atoms with E-state index in [0.717, 1.165) is 10.0 Å². The van der Waals surface area contributed by atoms with Crippen LogP contribution < -0.4 is 5.73 Å². The van der Waals surface area contributed by atoms with E-state index >= 15 is 0 Å². The van der Waals surface area contributed by atoms with Gasteiger partial charge in [-0.25, -0.2) is 0 Å². The van der Waals surface area contributed by atoms with E-state index in [4.69, 9.17) is 5.73 Å². The van der Waals surface area contributed by atoms with E-state index in [9.17, 15) is 0 Å². The molecule has 1 aliphatic rings. The summed E-state index contributed by atoms with van der Waals surface area (Å²) in [6.45, 7) is 0. The van der Waals surface area contributed by atoms with Gasteiger partial charge in [-0.05, 0) is 46.3 Å². The average Bonchev–Trinajstić information content (AvgIpc) is 2.69. The first kappa shape index (κ1) is 10.1. The highest BCUT2D eigenvalue weighted by Crippen LogP contribution is 2.34. The smallest absolute Gasteiger partial charge is 0.0410 e. The molecule has 1 aromatic heterocycles. The molecule has 0 bridgehead atoms. The summed E-state index contributed by atoms with van der Waals surface area (Å²) >= 11 is 3.42. The first-order chi connectivity index (χ1) is 6.77. The fourth-order valence-corrected chi connectivity index (χ4v) is 2.58. The van der Waals surface area contributed by atoms with Crippen molar-refractivity contribution in [2.24, 2.45) is 11.7 Å². The molecule has 0 spiro atoms. The van der Waals surface area contributed by atoms with Crippen LogP contribution >= 0.6 is 15.9 Å². The van der Waals surface area contributed by atoms with E-state index in [-0.39, 0.29) is 6.04 Å². The van der Waals surface area contributed by atoms with Gasteiger partial charge >= 0.3 is 0 Å². The Kier molecular flexibility index (Phi) is 3.19. The highest BCUT2D eigenvalue weighted by atomic mass is 79.9. The molecule has 2 nitrogen and oxygen atoms in total. The number of hydrogen-bond donors (Lipinski definition) is 1. The minimum atomic E-state index is 0.169. The third kappa shape index (κ3) is 2.15. The summed E-state index contributed by atoms with van der Waals surface area (Å²) in [5.74, 6) is 0.658. The van der Waals surface area contributed by atoms with Gasteiger partial charge in [0, 0.05) is 22.9 Å². The van der Waals surface area contributed by atoms with Crippen molar-refractivity contribution in [2.45, 2.75) is 31.7 Å². The lowest BCUT2D eigenvalue weighted by molar-refractivity contribution is 0.444. The van der Waals surface area contributed by atoms with Crippen LogP contribution in [0.25, 0.3) is 0 Å². The van der Waals surface area contributed by atoms with Crippen LogP contribution in [0.15, 0.2) is 22.9 Å². The van der Waals surface area contributed by atoms with Crippen LogP contribution in [0.4, 0.5) is 0 Å². The molecular weight excluding hydrogens is 240 g/mol. The quantitative estimate of drug-likeness (QED) is 0.882. The molecule has 1 atom stereocenters. The van der Waals surface area contributed by atoms with Gasteiger partial charge in [-0.3, -0.25) is 4.98 Å². The van der Waals surface area contributed by atoms with Gasteiger partial charge in [-0.1, -0.05) is 12.8 Å². The van der Waals surface area contributed by atoms with Crippen molar-refractivity contribution in [3.8, 4) is 0 Å². The molecule has 1 saturated carbocycles. The molecule has 2 rings (SSSR count). The number of pyridine rings is 1. The maximum absolute atomic E-state index is 6.21. The second-order valence-electron chi connectivity index (χ2n) is 4.01. The SMILES string of the molecule is NC(c1cncc(Br)c1)C1CCCC1. The van der Waals surface area contributed by atoms with Gasteiger partial charge in [0.25, 0.3) is 0 Å². The van der Waals surface area contributed by atoms with Crippen molar-refractivity contribution in [3.63, 3.8) is 0 Å². The molecule has 14 heavy (non-hydrogen) atoms. The number of rotatable bonds is 2. The Morgan fingerprint density at radius 2 is 2.07 bits per heavy atom. The van der Waals surface area contributed by atoms with Gasteiger partial charge in [0.1, 0.15) is 0 Å². The Morgan fingerprint density at radius 1 is 1.36 bits per heavy atom. The zero-order valence-corrected chi connectivity index (χ0v) is 9.70. The molecule has 76 valence electrons. The van der Waals surface area contributed by atoms with Crippen molar-refractivity contribution in [1.82, 2.24) is 4.98 Å². The Labute approximate surface area is 93.0 Å². The molecule has 0 aromatic carbocycles. The maximum atomic E-state index is 6.21. The summed E-state index contributed by atoms with van der Waals surface area (Å²) < 4.78 is 1.02. The van der Waals surface area contributed by atoms with Crippen LogP contribution in [-0.2, 0) is 0 Å². The summed E-state index contributed by atoms with van der Waals surface area (Å²) in [7, 11) is 0. The van der Waals surface area contributed by atoms with Crippen LogP contribution in [0.3, 0.4) is 0 Å². The molecule has 1 heterocycles. The third-order valence-electron chi connectivity index (χ3n) is 3.02. The summed E-state index contributed by atoms with van der Waals surface area (Å²) in [4.78, 5) is 4.15. The summed E-state index contributed by atoms with van der Waals surface area (Å²) in [5, 5.41) is 0. The number of nitrogens with two attached hydrogens (primary N) is 1. The molecule has 0 radical (unpaired) electrons. The van der Waals surface area contributed by atoms with Crippen molar-refractivity contribution in [2.75, 3.05) is 0 Å². The van der Waals surface area contributed by atoms with Crippen molar-refractivity contribution in [3.05, 3.63) is 28.5 Å². The molecule has 1 fully saturated rings. The average molecular weight is 255 g/mol. The topological polar surface area (TPSA) is 38.9 Å². The molecule has 1 aromatic rings. The number of halogens is 1. The Morgan fingerprint density at radius 3 is 2.71 bits per heavy atom. The molecule has 0 saturated heterocycles. The number of hydrogen-bond acceptors (Lipinski definition) is 2. The van der Waals surface area contributed by atoms with Gasteiger partial charge in [-0.15, -0.1) is 0 Å². The normalized spacial score (nSPS) is 19.9. The van der Waals surface area contributed by atoms with Crippen LogP contribution in [0.5, 0.6) is 0 Å². The molecule has 2 N–H and O–H groups in total. The Bertz CT molecular complexity index is 308. The summed E-state index contributed by atoms with van der Waals surface area (Å²) in [6, 6.07) is 2.25. The van der Waals surface area contributed by atoms with E-state index < -0.39 is 0 Å². The van der Waals surface area contributed by atoms with Gasteiger partial charge in [-0.2, -0.15) is 0 Å². The molecule has 0 aliphatic heterocycles. The first-order valence-electron chi connectivity index (χ1n) is 5.13. The Balaban J connectivity index is 2.13. The lowest BCUT2D eigenvalue weighted by atomic mass is 9.94. The molecular formula is C11H15BrN2. The molecule has 1 unspecified atom stereocenters. The van der Waals surface area contributed by atoms with Gasteiger partial charge in [0.15, 0.2) is 0 Å². The zero-order chi connectivity index (χ0) is 9.97. The highest BCUT2D eigenvalue weighted by Gasteiger charge is 2.23. The first-order valence-corrected chi connectivity index (χ1v) is 5.92. The van der Waals surface area contributed by atoms with Crippen molar-refractivity contribution in [1.29, 1.82) is 0 Å². The molecule has 3 heteroatoms. The van der Waals surface area contributed by atoms with E-state index in [1.54, 1.807) is 6.20 Å². The second kappa shape index (κ2) is 4.41. The molecule has 1 aliphatic carbocycles. The maximum Gasteiger partial charge on any atom is 0.0410 e. The standard InChI is InChI=1S/C11H15BrN2/c12-10-5-9(6-14-7-10)11(13)8-3-1-2-4-8/h5-8,11H,1-4,13H2.